The highest BCUT2D eigenvalue weighted by Crippen LogP contribution is 2.17. The Morgan fingerprint density at radius 3 is 2.55 bits per heavy atom. The van der Waals surface area contributed by atoms with Crippen LogP contribution in [0.4, 0.5) is 5.69 Å². The van der Waals surface area contributed by atoms with Crippen LogP contribution in [0, 0.1) is 6.92 Å². The van der Waals surface area contributed by atoms with Crippen LogP contribution in [0.1, 0.15) is 25.3 Å². The molecule has 0 radical (unpaired) electrons. The second kappa shape index (κ2) is 7.82. The highest BCUT2D eigenvalue weighted by atomic mass is 16.2. The van der Waals surface area contributed by atoms with Gasteiger partial charge in [0.1, 0.15) is 0 Å². The number of rotatable bonds is 5. The largest absolute Gasteiger partial charge is 0.368 e. The number of aryl methyl sites for hydroxylation is 1. The molecule has 0 unspecified atom stereocenters. The molecule has 2 amide bonds. The first-order valence-corrected chi connectivity index (χ1v) is 7.96. The summed E-state index contributed by atoms with van der Waals surface area (Å²) in [5, 5.41) is 2.69. The Bertz CT molecular complexity index is 522. The lowest BCUT2D eigenvalue weighted by molar-refractivity contribution is -0.133. The maximum atomic E-state index is 12.1. The van der Waals surface area contributed by atoms with E-state index in [1.165, 1.54) is 11.3 Å². The number of piperazine rings is 1. The van der Waals surface area contributed by atoms with Crippen LogP contribution >= 0.6 is 0 Å². The summed E-state index contributed by atoms with van der Waals surface area (Å²) in [6.07, 6.45) is 1.28. The highest BCUT2D eigenvalue weighted by molar-refractivity contribution is 5.84. The summed E-state index contributed by atoms with van der Waals surface area (Å²) >= 11 is 0. The third kappa shape index (κ3) is 4.48. The van der Waals surface area contributed by atoms with Crippen molar-refractivity contribution in [2.45, 2.75) is 26.7 Å². The van der Waals surface area contributed by atoms with Crippen LogP contribution in [0.2, 0.25) is 0 Å². The smallest absolute Gasteiger partial charge is 0.242 e. The number of anilines is 1. The van der Waals surface area contributed by atoms with E-state index in [9.17, 15) is 9.59 Å². The van der Waals surface area contributed by atoms with Gasteiger partial charge in [-0.25, -0.2) is 0 Å². The molecule has 1 aliphatic heterocycles. The molecule has 0 spiro atoms. The molecule has 0 aromatic heterocycles. The Balaban J connectivity index is 1.79. The SMILES string of the molecule is CCCC(=O)NCC(=O)N1CCN(c2cccc(C)c2)CC1. The predicted molar refractivity (Wildman–Crippen MR) is 87.9 cm³/mol. The van der Waals surface area contributed by atoms with Gasteiger partial charge in [-0.3, -0.25) is 9.59 Å². The fraction of sp³-hybridized carbons (Fsp3) is 0.529. The van der Waals surface area contributed by atoms with E-state index < -0.39 is 0 Å². The summed E-state index contributed by atoms with van der Waals surface area (Å²) < 4.78 is 0. The third-order valence-electron chi connectivity index (χ3n) is 3.91. The molecule has 5 nitrogen and oxygen atoms in total. The van der Waals surface area contributed by atoms with E-state index >= 15 is 0 Å². The first-order valence-electron chi connectivity index (χ1n) is 7.96. The van der Waals surface area contributed by atoms with Crippen LogP contribution in [0.3, 0.4) is 0 Å². The zero-order chi connectivity index (χ0) is 15.9. The molecule has 1 fully saturated rings. The number of carbonyl (C=O) groups excluding carboxylic acids is 2. The average molecular weight is 303 g/mol. The number of amides is 2. The molecule has 120 valence electrons. The summed E-state index contributed by atoms with van der Waals surface area (Å²) in [4.78, 5) is 27.6. The first-order chi connectivity index (χ1) is 10.6. The van der Waals surface area contributed by atoms with Gasteiger partial charge in [0, 0.05) is 38.3 Å². The fourth-order valence-electron chi connectivity index (χ4n) is 2.64. The summed E-state index contributed by atoms with van der Waals surface area (Å²) in [5.41, 5.74) is 2.46. The lowest BCUT2D eigenvalue weighted by atomic mass is 10.2. The van der Waals surface area contributed by atoms with Crippen LogP contribution in [0.15, 0.2) is 24.3 Å². The van der Waals surface area contributed by atoms with Crippen molar-refractivity contribution in [2.75, 3.05) is 37.6 Å². The summed E-state index contributed by atoms with van der Waals surface area (Å²) in [6.45, 7) is 7.22. The number of hydrogen-bond donors (Lipinski definition) is 1. The van der Waals surface area contributed by atoms with Crippen molar-refractivity contribution >= 4 is 17.5 Å². The Morgan fingerprint density at radius 1 is 1.18 bits per heavy atom. The van der Waals surface area contributed by atoms with E-state index in [1.807, 2.05) is 11.8 Å². The second-order valence-corrected chi connectivity index (χ2v) is 5.73. The van der Waals surface area contributed by atoms with Crippen LogP contribution in [0.25, 0.3) is 0 Å². The Morgan fingerprint density at radius 2 is 1.91 bits per heavy atom. The normalized spacial score (nSPS) is 14.8. The molecular formula is C17H25N3O2. The minimum Gasteiger partial charge on any atom is -0.368 e. The van der Waals surface area contributed by atoms with Crippen molar-refractivity contribution in [1.29, 1.82) is 0 Å². The van der Waals surface area contributed by atoms with E-state index in [-0.39, 0.29) is 18.4 Å². The van der Waals surface area contributed by atoms with Gasteiger partial charge in [-0.05, 0) is 31.0 Å². The first kappa shape index (κ1) is 16.3. The minimum absolute atomic E-state index is 0.00773. The van der Waals surface area contributed by atoms with Gasteiger partial charge in [0.05, 0.1) is 6.54 Å². The topological polar surface area (TPSA) is 52.7 Å². The molecule has 1 aliphatic rings. The lowest BCUT2D eigenvalue weighted by Crippen LogP contribution is -2.51. The van der Waals surface area contributed by atoms with Crippen LogP contribution in [-0.4, -0.2) is 49.4 Å². The Kier molecular flexibility index (Phi) is 5.81. The third-order valence-corrected chi connectivity index (χ3v) is 3.91. The molecule has 1 heterocycles. The van der Waals surface area contributed by atoms with Gasteiger partial charge in [0.15, 0.2) is 0 Å². The molecule has 0 saturated carbocycles. The van der Waals surface area contributed by atoms with Crippen LogP contribution < -0.4 is 10.2 Å². The number of hydrogen-bond acceptors (Lipinski definition) is 3. The van der Waals surface area contributed by atoms with Gasteiger partial charge in [-0.1, -0.05) is 19.1 Å². The zero-order valence-electron chi connectivity index (χ0n) is 13.5. The van der Waals surface area contributed by atoms with Gasteiger partial charge in [0.25, 0.3) is 0 Å². The van der Waals surface area contributed by atoms with E-state index in [0.717, 1.165) is 19.5 Å². The summed E-state index contributed by atoms with van der Waals surface area (Å²) in [6, 6.07) is 8.42. The molecule has 1 saturated heterocycles. The Hall–Kier alpha value is -2.04. The van der Waals surface area contributed by atoms with Gasteiger partial charge >= 0.3 is 0 Å². The van der Waals surface area contributed by atoms with Crippen molar-refractivity contribution in [3.05, 3.63) is 29.8 Å². The monoisotopic (exact) mass is 303 g/mol. The van der Waals surface area contributed by atoms with Crippen molar-refractivity contribution in [3.8, 4) is 0 Å². The van der Waals surface area contributed by atoms with E-state index in [0.29, 0.717) is 19.5 Å². The second-order valence-electron chi connectivity index (χ2n) is 5.73. The van der Waals surface area contributed by atoms with Crippen molar-refractivity contribution in [3.63, 3.8) is 0 Å². The van der Waals surface area contributed by atoms with Crippen LogP contribution in [0.5, 0.6) is 0 Å². The molecule has 22 heavy (non-hydrogen) atoms. The van der Waals surface area contributed by atoms with E-state index in [1.54, 1.807) is 0 Å². The summed E-state index contributed by atoms with van der Waals surface area (Å²) in [5.74, 6) is -0.0393. The van der Waals surface area contributed by atoms with Gasteiger partial charge in [-0.2, -0.15) is 0 Å². The average Bonchev–Trinajstić information content (AvgIpc) is 2.53. The van der Waals surface area contributed by atoms with Crippen molar-refractivity contribution in [2.24, 2.45) is 0 Å². The summed E-state index contributed by atoms with van der Waals surface area (Å²) in [7, 11) is 0. The zero-order valence-corrected chi connectivity index (χ0v) is 13.5. The van der Waals surface area contributed by atoms with Gasteiger partial charge < -0.3 is 15.1 Å². The van der Waals surface area contributed by atoms with Gasteiger partial charge in [0.2, 0.25) is 11.8 Å². The van der Waals surface area contributed by atoms with Gasteiger partial charge in [-0.15, -0.1) is 0 Å². The fourth-order valence-corrected chi connectivity index (χ4v) is 2.64. The molecule has 0 bridgehead atoms. The molecule has 1 aromatic carbocycles. The Labute approximate surface area is 132 Å². The molecular weight excluding hydrogens is 278 g/mol. The predicted octanol–water partition coefficient (Wildman–Crippen LogP) is 1.56. The number of nitrogens with one attached hydrogen (secondary N) is 1. The number of carbonyl (C=O) groups is 2. The molecule has 1 N–H and O–H groups in total. The lowest BCUT2D eigenvalue weighted by Gasteiger charge is -2.36. The standard InChI is InChI=1S/C17H25N3O2/c1-3-5-16(21)18-13-17(22)20-10-8-19(9-11-20)15-7-4-6-14(2)12-15/h4,6-7,12H,3,5,8-11,13H2,1-2H3,(H,18,21). The minimum atomic E-state index is -0.0470. The number of benzene rings is 1. The molecule has 1 aromatic rings. The maximum absolute atomic E-state index is 12.1. The van der Waals surface area contributed by atoms with E-state index in [2.05, 4.69) is 41.4 Å². The molecule has 2 rings (SSSR count). The van der Waals surface area contributed by atoms with E-state index in [4.69, 9.17) is 0 Å². The van der Waals surface area contributed by atoms with Crippen molar-refractivity contribution in [1.82, 2.24) is 10.2 Å². The molecule has 0 aliphatic carbocycles. The highest BCUT2D eigenvalue weighted by Gasteiger charge is 2.21. The quantitative estimate of drug-likeness (QED) is 0.898. The maximum Gasteiger partial charge on any atom is 0.242 e. The van der Waals surface area contributed by atoms with Crippen molar-refractivity contribution < 1.29 is 9.59 Å². The molecule has 0 atom stereocenters. The van der Waals surface area contributed by atoms with Crippen LogP contribution in [-0.2, 0) is 9.59 Å². The number of nitrogens with zero attached hydrogens (tertiary/aromatic N) is 2. The molecule has 5 heteroatoms.